The topological polar surface area (TPSA) is 63.5 Å². The van der Waals surface area contributed by atoms with E-state index in [0.717, 1.165) is 12.8 Å². The zero-order chi connectivity index (χ0) is 14.9. The number of piperidine rings is 1. The Bertz CT molecular complexity index is 547. The first-order chi connectivity index (χ1) is 9.40. The number of nitrogens with zero attached hydrogens (tertiary/aromatic N) is 2. The van der Waals surface area contributed by atoms with Gasteiger partial charge in [-0.05, 0) is 31.7 Å². The summed E-state index contributed by atoms with van der Waals surface area (Å²) in [6.07, 6.45) is 2.08. The molecule has 1 heterocycles. The standard InChI is InChI=1S/C14H17ClN2O3/c1-9-3-4-10(2)16(8-9)14(18)12-6-5-11(17(19)20)7-13(12)15/h5-7,9-10H,3-4,8H2,1-2H3. The molecule has 6 heteroatoms. The summed E-state index contributed by atoms with van der Waals surface area (Å²) in [5.41, 5.74) is 0.227. The van der Waals surface area contributed by atoms with Gasteiger partial charge < -0.3 is 4.90 Å². The summed E-state index contributed by atoms with van der Waals surface area (Å²) in [6, 6.07) is 4.16. The van der Waals surface area contributed by atoms with Crippen molar-refractivity contribution in [2.45, 2.75) is 32.7 Å². The molecule has 0 bridgehead atoms. The molecular formula is C14H17ClN2O3. The van der Waals surface area contributed by atoms with Crippen LogP contribution in [0.4, 0.5) is 5.69 Å². The van der Waals surface area contributed by atoms with E-state index in [9.17, 15) is 14.9 Å². The molecule has 5 nitrogen and oxygen atoms in total. The number of hydrogen-bond acceptors (Lipinski definition) is 3. The van der Waals surface area contributed by atoms with Crippen LogP contribution in [0.5, 0.6) is 0 Å². The number of nitro groups is 1. The maximum atomic E-state index is 12.5. The van der Waals surface area contributed by atoms with E-state index in [-0.39, 0.29) is 22.7 Å². The van der Waals surface area contributed by atoms with Crippen LogP contribution in [0.2, 0.25) is 5.02 Å². The number of amides is 1. The second-order valence-corrected chi connectivity index (χ2v) is 5.82. The van der Waals surface area contributed by atoms with Crippen molar-refractivity contribution in [2.75, 3.05) is 6.54 Å². The van der Waals surface area contributed by atoms with Gasteiger partial charge in [-0.25, -0.2) is 0 Å². The molecule has 1 aromatic rings. The molecule has 2 rings (SSSR count). The lowest BCUT2D eigenvalue weighted by Crippen LogP contribution is -2.45. The maximum Gasteiger partial charge on any atom is 0.270 e. The summed E-state index contributed by atoms with van der Waals surface area (Å²) in [4.78, 5) is 24.5. The molecule has 1 aliphatic rings. The van der Waals surface area contributed by atoms with E-state index >= 15 is 0 Å². The molecule has 1 amide bonds. The van der Waals surface area contributed by atoms with Crippen LogP contribution in [-0.2, 0) is 0 Å². The van der Waals surface area contributed by atoms with Crippen molar-refractivity contribution >= 4 is 23.2 Å². The Morgan fingerprint density at radius 1 is 1.40 bits per heavy atom. The third-order valence-electron chi connectivity index (χ3n) is 3.77. The Labute approximate surface area is 122 Å². The lowest BCUT2D eigenvalue weighted by molar-refractivity contribution is -0.384. The largest absolute Gasteiger partial charge is 0.336 e. The third-order valence-corrected chi connectivity index (χ3v) is 4.09. The first-order valence-electron chi connectivity index (χ1n) is 6.65. The van der Waals surface area contributed by atoms with Crippen molar-refractivity contribution in [1.29, 1.82) is 0 Å². The number of rotatable bonds is 2. The maximum absolute atomic E-state index is 12.5. The average Bonchev–Trinajstić information content (AvgIpc) is 2.40. The van der Waals surface area contributed by atoms with E-state index in [0.29, 0.717) is 18.0 Å². The van der Waals surface area contributed by atoms with Crippen molar-refractivity contribution in [2.24, 2.45) is 5.92 Å². The first kappa shape index (κ1) is 14.8. The highest BCUT2D eigenvalue weighted by Crippen LogP contribution is 2.27. The van der Waals surface area contributed by atoms with Crippen LogP contribution in [0.1, 0.15) is 37.0 Å². The monoisotopic (exact) mass is 296 g/mol. The lowest BCUT2D eigenvalue weighted by Gasteiger charge is -2.37. The number of halogens is 1. The van der Waals surface area contributed by atoms with E-state index < -0.39 is 4.92 Å². The number of hydrogen-bond donors (Lipinski definition) is 0. The number of likely N-dealkylation sites (tertiary alicyclic amines) is 1. The van der Waals surface area contributed by atoms with Crippen molar-refractivity contribution in [1.82, 2.24) is 4.90 Å². The van der Waals surface area contributed by atoms with Gasteiger partial charge in [-0.3, -0.25) is 14.9 Å². The van der Waals surface area contributed by atoms with E-state index in [2.05, 4.69) is 6.92 Å². The molecule has 2 atom stereocenters. The molecule has 0 radical (unpaired) electrons. The summed E-state index contributed by atoms with van der Waals surface area (Å²) in [7, 11) is 0. The molecule has 20 heavy (non-hydrogen) atoms. The molecule has 1 aromatic carbocycles. The quantitative estimate of drug-likeness (QED) is 0.619. The second-order valence-electron chi connectivity index (χ2n) is 5.41. The predicted octanol–water partition coefficient (Wildman–Crippen LogP) is 3.51. The molecular weight excluding hydrogens is 280 g/mol. The van der Waals surface area contributed by atoms with Gasteiger partial charge in [0, 0.05) is 24.7 Å². The van der Waals surface area contributed by atoms with Crippen LogP contribution in [0, 0.1) is 16.0 Å². The zero-order valence-corrected chi connectivity index (χ0v) is 12.3. The molecule has 0 aliphatic carbocycles. The number of nitro benzene ring substituents is 1. The van der Waals surface area contributed by atoms with Crippen LogP contribution < -0.4 is 0 Å². The SMILES string of the molecule is CC1CCC(C)N(C(=O)c2ccc([N+](=O)[O-])cc2Cl)C1. The van der Waals surface area contributed by atoms with Gasteiger partial charge in [0.2, 0.25) is 0 Å². The van der Waals surface area contributed by atoms with Crippen molar-refractivity contribution in [3.8, 4) is 0 Å². The second kappa shape index (κ2) is 5.79. The average molecular weight is 297 g/mol. The molecule has 0 aromatic heterocycles. The molecule has 1 saturated heterocycles. The summed E-state index contributed by atoms with van der Waals surface area (Å²) >= 11 is 6.02. The number of carbonyl (C=O) groups excluding carboxylic acids is 1. The van der Waals surface area contributed by atoms with Gasteiger partial charge in [0.25, 0.3) is 11.6 Å². The third kappa shape index (κ3) is 2.93. The summed E-state index contributed by atoms with van der Waals surface area (Å²) < 4.78 is 0. The Morgan fingerprint density at radius 3 is 2.70 bits per heavy atom. The van der Waals surface area contributed by atoms with Crippen molar-refractivity contribution in [3.63, 3.8) is 0 Å². The normalized spacial score (nSPS) is 22.6. The Morgan fingerprint density at radius 2 is 2.10 bits per heavy atom. The van der Waals surface area contributed by atoms with Gasteiger partial charge in [0.1, 0.15) is 0 Å². The predicted molar refractivity (Wildman–Crippen MR) is 77.0 cm³/mol. The van der Waals surface area contributed by atoms with Crippen LogP contribution in [0.3, 0.4) is 0 Å². The number of non-ortho nitro benzene ring substituents is 1. The van der Waals surface area contributed by atoms with Crippen LogP contribution in [0.25, 0.3) is 0 Å². The molecule has 2 unspecified atom stereocenters. The zero-order valence-electron chi connectivity index (χ0n) is 11.5. The Balaban J connectivity index is 2.26. The minimum absolute atomic E-state index is 0.105. The fourth-order valence-electron chi connectivity index (χ4n) is 2.52. The van der Waals surface area contributed by atoms with Crippen molar-refractivity contribution < 1.29 is 9.72 Å². The highest BCUT2D eigenvalue weighted by atomic mass is 35.5. The number of benzene rings is 1. The molecule has 1 fully saturated rings. The van der Waals surface area contributed by atoms with E-state index in [1.54, 1.807) is 4.90 Å². The van der Waals surface area contributed by atoms with Gasteiger partial charge in [-0.2, -0.15) is 0 Å². The minimum atomic E-state index is -0.522. The minimum Gasteiger partial charge on any atom is -0.336 e. The van der Waals surface area contributed by atoms with Gasteiger partial charge in [0.05, 0.1) is 15.5 Å². The molecule has 0 spiro atoms. The lowest BCUT2D eigenvalue weighted by atomic mass is 9.94. The Kier molecular flexibility index (Phi) is 4.28. The highest BCUT2D eigenvalue weighted by Gasteiger charge is 2.29. The summed E-state index contributed by atoms with van der Waals surface area (Å²) in [5.74, 6) is 0.316. The van der Waals surface area contributed by atoms with Crippen LogP contribution in [0.15, 0.2) is 18.2 Å². The molecule has 108 valence electrons. The van der Waals surface area contributed by atoms with Crippen molar-refractivity contribution in [3.05, 3.63) is 38.9 Å². The smallest absolute Gasteiger partial charge is 0.270 e. The number of carbonyl (C=O) groups is 1. The van der Waals surface area contributed by atoms with Gasteiger partial charge >= 0.3 is 0 Å². The van der Waals surface area contributed by atoms with Crippen LogP contribution in [-0.4, -0.2) is 28.3 Å². The van der Waals surface area contributed by atoms with E-state index in [4.69, 9.17) is 11.6 Å². The van der Waals surface area contributed by atoms with E-state index in [1.165, 1.54) is 18.2 Å². The van der Waals surface area contributed by atoms with E-state index in [1.807, 2.05) is 6.92 Å². The van der Waals surface area contributed by atoms with Gasteiger partial charge in [0.15, 0.2) is 0 Å². The molecule has 0 N–H and O–H groups in total. The van der Waals surface area contributed by atoms with Gasteiger partial charge in [-0.1, -0.05) is 18.5 Å². The first-order valence-corrected chi connectivity index (χ1v) is 7.03. The summed E-state index contributed by atoms with van der Waals surface area (Å²) in [6.45, 7) is 4.83. The highest BCUT2D eigenvalue weighted by molar-refractivity contribution is 6.34. The van der Waals surface area contributed by atoms with Gasteiger partial charge in [-0.15, -0.1) is 0 Å². The summed E-state index contributed by atoms with van der Waals surface area (Å²) in [5, 5.41) is 10.8. The molecule has 0 saturated carbocycles. The fraction of sp³-hybridized carbons (Fsp3) is 0.500. The Hall–Kier alpha value is -1.62. The molecule has 1 aliphatic heterocycles. The van der Waals surface area contributed by atoms with Crippen LogP contribution >= 0.6 is 11.6 Å². The fourth-order valence-corrected chi connectivity index (χ4v) is 2.77.